The third-order valence-corrected chi connectivity index (χ3v) is 4.91. The Morgan fingerprint density at radius 1 is 1.30 bits per heavy atom. The first-order chi connectivity index (χ1) is 9.50. The van der Waals surface area contributed by atoms with Crippen molar-refractivity contribution in [2.45, 2.75) is 64.0 Å². The molecule has 112 valence electrons. The van der Waals surface area contributed by atoms with Gasteiger partial charge in [0, 0.05) is 18.0 Å². The second-order valence-corrected chi connectivity index (χ2v) is 7.84. The summed E-state index contributed by atoms with van der Waals surface area (Å²) < 4.78 is 0. The quantitative estimate of drug-likeness (QED) is 0.883. The number of aromatic nitrogens is 2. The van der Waals surface area contributed by atoms with Crippen LogP contribution in [0.4, 0.5) is 5.82 Å². The summed E-state index contributed by atoms with van der Waals surface area (Å²) in [5.74, 6) is 3.26. The van der Waals surface area contributed by atoms with Crippen molar-refractivity contribution in [3.8, 4) is 0 Å². The predicted octanol–water partition coefficient (Wildman–Crippen LogP) is 4.55. The lowest BCUT2D eigenvalue weighted by atomic mass is 9.92. The van der Waals surface area contributed by atoms with E-state index in [0.29, 0.717) is 5.25 Å². The number of nitrogens with zero attached hydrogens (tertiary/aromatic N) is 2. The van der Waals surface area contributed by atoms with Crippen LogP contribution in [0.1, 0.15) is 70.1 Å². The molecule has 1 saturated heterocycles. The number of anilines is 1. The minimum absolute atomic E-state index is 0.0691. The molecule has 0 spiro atoms. The van der Waals surface area contributed by atoms with Gasteiger partial charge in [-0.2, -0.15) is 11.8 Å². The molecule has 0 amide bonds. The molecule has 0 saturated carbocycles. The number of hydrogen-bond donors (Lipinski definition) is 1. The van der Waals surface area contributed by atoms with E-state index < -0.39 is 0 Å². The molecule has 20 heavy (non-hydrogen) atoms. The molecule has 0 bridgehead atoms. The fraction of sp³-hybridized carbons (Fsp3) is 0.750. The largest absolute Gasteiger partial charge is 0.370 e. The monoisotopic (exact) mass is 293 g/mol. The van der Waals surface area contributed by atoms with Crippen molar-refractivity contribution >= 4 is 17.6 Å². The average molecular weight is 293 g/mol. The maximum atomic E-state index is 4.86. The van der Waals surface area contributed by atoms with Crippen molar-refractivity contribution in [1.82, 2.24) is 9.97 Å². The van der Waals surface area contributed by atoms with Crippen molar-refractivity contribution in [2.24, 2.45) is 0 Å². The van der Waals surface area contributed by atoms with Crippen molar-refractivity contribution in [2.75, 3.05) is 17.6 Å². The minimum Gasteiger partial charge on any atom is -0.370 e. The molecule has 0 aliphatic carbocycles. The highest BCUT2D eigenvalue weighted by Crippen LogP contribution is 2.37. The van der Waals surface area contributed by atoms with Gasteiger partial charge in [-0.15, -0.1) is 0 Å². The van der Waals surface area contributed by atoms with E-state index >= 15 is 0 Å². The Labute approximate surface area is 127 Å². The first-order valence-electron chi connectivity index (χ1n) is 7.75. The maximum absolute atomic E-state index is 4.86. The van der Waals surface area contributed by atoms with E-state index in [-0.39, 0.29) is 5.41 Å². The highest BCUT2D eigenvalue weighted by Gasteiger charge is 2.23. The Kier molecular flexibility index (Phi) is 5.30. The minimum atomic E-state index is 0.0691. The second kappa shape index (κ2) is 6.79. The van der Waals surface area contributed by atoms with Gasteiger partial charge in [0.2, 0.25) is 0 Å². The van der Waals surface area contributed by atoms with E-state index in [2.05, 4.69) is 39.1 Å². The van der Waals surface area contributed by atoms with Crippen LogP contribution >= 0.6 is 11.8 Å². The number of thioether (sulfide) groups is 1. The molecule has 2 rings (SSSR count). The summed E-state index contributed by atoms with van der Waals surface area (Å²) in [5.41, 5.74) is 1.21. The Morgan fingerprint density at radius 3 is 2.70 bits per heavy atom. The van der Waals surface area contributed by atoms with Gasteiger partial charge < -0.3 is 5.32 Å². The van der Waals surface area contributed by atoms with Crippen LogP contribution in [-0.2, 0) is 5.41 Å². The van der Waals surface area contributed by atoms with E-state index in [4.69, 9.17) is 9.97 Å². The van der Waals surface area contributed by atoms with Crippen LogP contribution in [0.2, 0.25) is 0 Å². The summed E-state index contributed by atoms with van der Waals surface area (Å²) in [7, 11) is 0. The van der Waals surface area contributed by atoms with Gasteiger partial charge in [-0.05, 0) is 25.0 Å². The molecule has 1 N–H and O–H groups in total. The highest BCUT2D eigenvalue weighted by molar-refractivity contribution is 7.99. The van der Waals surface area contributed by atoms with Crippen LogP contribution in [0, 0.1) is 0 Å². The summed E-state index contributed by atoms with van der Waals surface area (Å²) in [5, 5.41) is 3.91. The zero-order chi connectivity index (χ0) is 14.6. The van der Waals surface area contributed by atoms with E-state index in [0.717, 1.165) is 30.3 Å². The van der Waals surface area contributed by atoms with Gasteiger partial charge in [-0.1, -0.05) is 34.1 Å². The van der Waals surface area contributed by atoms with Gasteiger partial charge >= 0.3 is 0 Å². The van der Waals surface area contributed by atoms with Gasteiger partial charge in [-0.3, -0.25) is 0 Å². The predicted molar refractivity (Wildman–Crippen MR) is 88.6 cm³/mol. The van der Waals surface area contributed by atoms with Crippen molar-refractivity contribution in [3.63, 3.8) is 0 Å². The molecule has 1 aliphatic rings. The van der Waals surface area contributed by atoms with Gasteiger partial charge in [0.15, 0.2) is 0 Å². The molecular formula is C16H27N3S. The topological polar surface area (TPSA) is 37.8 Å². The van der Waals surface area contributed by atoms with E-state index in [9.17, 15) is 0 Å². The fourth-order valence-electron chi connectivity index (χ4n) is 2.28. The van der Waals surface area contributed by atoms with Crippen molar-refractivity contribution in [1.29, 1.82) is 0 Å². The van der Waals surface area contributed by atoms with Crippen LogP contribution in [0.15, 0.2) is 6.07 Å². The summed E-state index contributed by atoms with van der Waals surface area (Å²) in [6.07, 6.45) is 4.97. The molecule has 1 aromatic heterocycles. The second-order valence-electron chi connectivity index (χ2n) is 6.53. The molecule has 1 aliphatic heterocycles. The fourth-order valence-corrected chi connectivity index (χ4v) is 3.53. The molecule has 0 radical (unpaired) electrons. The van der Waals surface area contributed by atoms with E-state index in [1.807, 2.05) is 11.8 Å². The lowest BCUT2D eigenvalue weighted by Crippen LogP contribution is -2.18. The number of nitrogens with one attached hydrogen (secondary N) is 1. The Balaban J connectivity index is 2.29. The Morgan fingerprint density at radius 2 is 2.10 bits per heavy atom. The molecule has 2 heterocycles. The SMILES string of the molecule is CCCNc1cc(C(C)(C)C)nc(C2CCCCS2)n1. The average Bonchev–Trinajstić information content (AvgIpc) is 2.45. The molecule has 1 aromatic rings. The third kappa shape index (κ3) is 4.11. The first kappa shape index (κ1) is 15.6. The normalized spacial score (nSPS) is 19.9. The molecule has 1 unspecified atom stereocenters. The zero-order valence-corrected chi connectivity index (χ0v) is 14.0. The van der Waals surface area contributed by atoms with E-state index in [1.165, 1.54) is 25.0 Å². The van der Waals surface area contributed by atoms with Crippen molar-refractivity contribution in [3.05, 3.63) is 17.6 Å². The van der Waals surface area contributed by atoms with E-state index in [1.54, 1.807) is 0 Å². The van der Waals surface area contributed by atoms with Crippen LogP contribution in [0.3, 0.4) is 0 Å². The molecule has 0 aromatic carbocycles. The van der Waals surface area contributed by atoms with Crippen LogP contribution < -0.4 is 5.32 Å². The third-order valence-electron chi connectivity index (χ3n) is 3.54. The summed E-state index contributed by atoms with van der Waals surface area (Å²) in [4.78, 5) is 9.63. The van der Waals surface area contributed by atoms with Gasteiger partial charge in [0.25, 0.3) is 0 Å². The molecular weight excluding hydrogens is 266 g/mol. The van der Waals surface area contributed by atoms with Crippen LogP contribution in [0.5, 0.6) is 0 Å². The summed E-state index contributed by atoms with van der Waals surface area (Å²) in [6.45, 7) is 9.80. The lowest BCUT2D eigenvalue weighted by molar-refractivity contribution is 0.557. The molecule has 1 atom stereocenters. The standard InChI is InChI=1S/C16H27N3S/c1-5-9-17-14-11-13(16(2,3)4)18-15(19-14)12-8-6-7-10-20-12/h11-12H,5-10H2,1-4H3,(H,17,18,19). The smallest absolute Gasteiger partial charge is 0.143 e. The Bertz CT molecular complexity index is 434. The lowest BCUT2D eigenvalue weighted by Gasteiger charge is -2.24. The molecule has 3 nitrogen and oxygen atoms in total. The van der Waals surface area contributed by atoms with Crippen LogP contribution in [-0.4, -0.2) is 22.3 Å². The zero-order valence-electron chi connectivity index (χ0n) is 13.2. The van der Waals surface area contributed by atoms with Crippen molar-refractivity contribution < 1.29 is 0 Å². The molecule has 1 fully saturated rings. The van der Waals surface area contributed by atoms with Gasteiger partial charge in [0.1, 0.15) is 11.6 Å². The Hall–Kier alpha value is -0.770. The van der Waals surface area contributed by atoms with Gasteiger partial charge in [-0.25, -0.2) is 9.97 Å². The number of rotatable bonds is 4. The first-order valence-corrected chi connectivity index (χ1v) is 8.80. The number of hydrogen-bond acceptors (Lipinski definition) is 4. The highest BCUT2D eigenvalue weighted by atomic mass is 32.2. The molecule has 4 heteroatoms. The van der Waals surface area contributed by atoms with Gasteiger partial charge in [0.05, 0.1) is 10.9 Å². The van der Waals surface area contributed by atoms with Crippen LogP contribution in [0.25, 0.3) is 0 Å². The summed E-state index contributed by atoms with van der Waals surface area (Å²) in [6, 6.07) is 2.12. The maximum Gasteiger partial charge on any atom is 0.143 e. The summed E-state index contributed by atoms with van der Waals surface area (Å²) >= 11 is 2.02.